The topological polar surface area (TPSA) is 101 Å². The molecule has 0 aliphatic rings. The van der Waals surface area contributed by atoms with Gasteiger partial charge in [-0.2, -0.15) is 5.21 Å². The zero-order valence-corrected chi connectivity index (χ0v) is 8.00. The third-order valence-electron chi connectivity index (χ3n) is 1.31. The Hall–Kier alpha value is -1.02. The zero-order valence-electron chi connectivity index (χ0n) is 7.19. The molecule has 0 fully saturated rings. The maximum absolute atomic E-state index is 11.1. The van der Waals surface area contributed by atoms with Crippen LogP contribution >= 0.6 is 0 Å². The number of aromatic amines is 1. The molecule has 0 aliphatic carbocycles. The second-order valence-electron chi connectivity index (χ2n) is 2.47. The van der Waals surface area contributed by atoms with Gasteiger partial charge in [0.05, 0.1) is 12.3 Å². The van der Waals surface area contributed by atoms with Crippen molar-refractivity contribution in [1.29, 1.82) is 0 Å². The SMILES string of the molecule is CCCS(=O)(=O)NCc1nn[nH]n1. The van der Waals surface area contributed by atoms with Crippen LogP contribution in [0.25, 0.3) is 0 Å². The van der Waals surface area contributed by atoms with Crippen LogP contribution in [0.2, 0.25) is 0 Å². The molecule has 0 atom stereocenters. The molecule has 0 aliphatic heterocycles. The summed E-state index contributed by atoms with van der Waals surface area (Å²) in [6.45, 7) is 1.88. The molecule has 8 heteroatoms. The van der Waals surface area contributed by atoms with Crippen LogP contribution in [0, 0.1) is 0 Å². The van der Waals surface area contributed by atoms with E-state index in [2.05, 4.69) is 25.3 Å². The molecule has 0 amide bonds. The molecule has 0 radical (unpaired) electrons. The van der Waals surface area contributed by atoms with Crippen molar-refractivity contribution in [3.05, 3.63) is 5.82 Å². The molecular weight excluding hydrogens is 194 g/mol. The number of rotatable bonds is 5. The Balaban J connectivity index is 2.43. The summed E-state index contributed by atoms with van der Waals surface area (Å²) in [4.78, 5) is 0. The highest BCUT2D eigenvalue weighted by Crippen LogP contribution is 1.90. The highest BCUT2D eigenvalue weighted by atomic mass is 32.2. The molecule has 0 bridgehead atoms. The Labute approximate surface area is 76.0 Å². The van der Waals surface area contributed by atoms with E-state index in [1.807, 2.05) is 0 Å². The van der Waals surface area contributed by atoms with Crippen molar-refractivity contribution in [2.45, 2.75) is 19.9 Å². The second-order valence-corrected chi connectivity index (χ2v) is 4.39. The summed E-state index contributed by atoms with van der Waals surface area (Å²) in [7, 11) is -3.18. The molecule has 0 saturated carbocycles. The van der Waals surface area contributed by atoms with Gasteiger partial charge in [0, 0.05) is 0 Å². The lowest BCUT2D eigenvalue weighted by molar-refractivity contribution is 0.578. The minimum atomic E-state index is -3.18. The number of nitrogens with one attached hydrogen (secondary N) is 2. The molecule has 1 aromatic rings. The van der Waals surface area contributed by atoms with Gasteiger partial charge in [0.1, 0.15) is 0 Å². The predicted octanol–water partition coefficient (Wildman–Crippen LogP) is -0.971. The monoisotopic (exact) mass is 205 g/mol. The van der Waals surface area contributed by atoms with Gasteiger partial charge in [0.2, 0.25) is 10.0 Å². The Kier molecular flexibility index (Phi) is 3.32. The molecule has 0 saturated heterocycles. The highest BCUT2D eigenvalue weighted by molar-refractivity contribution is 7.89. The van der Waals surface area contributed by atoms with Crippen molar-refractivity contribution in [2.75, 3.05) is 5.75 Å². The summed E-state index contributed by atoms with van der Waals surface area (Å²) in [5, 5.41) is 12.7. The van der Waals surface area contributed by atoms with Crippen molar-refractivity contribution in [3.63, 3.8) is 0 Å². The predicted molar refractivity (Wildman–Crippen MR) is 45.1 cm³/mol. The maximum Gasteiger partial charge on any atom is 0.211 e. The van der Waals surface area contributed by atoms with E-state index in [0.29, 0.717) is 12.2 Å². The summed E-state index contributed by atoms with van der Waals surface area (Å²) < 4.78 is 24.6. The summed E-state index contributed by atoms with van der Waals surface area (Å²) >= 11 is 0. The third kappa shape index (κ3) is 3.47. The highest BCUT2D eigenvalue weighted by Gasteiger charge is 2.09. The van der Waals surface area contributed by atoms with E-state index in [1.165, 1.54) is 0 Å². The fraction of sp³-hybridized carbons (Fsp3) is 0.800. The number of aromatic nitrogens is 4. The van der Waals surface area contributed by atoms with Crippen LogP contribution in [0.1, 0.15) is 19.2 Å². The molecule has 0 aromatic carbocycles. The van der Waals surface area contributed by atoms with Gasteiger partial charge in [0.25, 0.3) is 0 Å². The molecular formula is C5H11N5O2S. The van der Waals surface area contributed by atoms with Crippen LogP contribution in [0.5, 0.6) is 0 Å². The minimum Gasteiger partial charge on any atom is -0.212 e. The van der Waals surface area contributed by atoms with E-state index in [9.17, 15) is 8.42 Å². The first-order chi connectivity index (χ1) is 6.14. The van der Waals surface area contributed by atoms with Crippen LogP contribution in [-0.4, -0.2) is 34.8 Å². The largest absolute Gasteiger partial charge is 0.212 e. The molecule has 1 heterocycles. The minimum absolute atomic E-state index is 0.0822. The first-order valence-corrected chi connectivity index (χ1v) is 5.49. The number of H-pyrrole nitrogens is 1. The quantitative estimate of drug-likeness (QED) is 0.644. The Morgan fingerprint density at radius 2 is 2.31 bits per heavy atom. The van der Waals surface area contributed by atoms with E-state index < -0.39 is 10.0 Å². The molecule has 1 aromatic heterocycles. The zero-order chi connectivity index (χ0) is 9.73. The molecule has 0 spiro atoms. The summed E-state index contributed by atoms with van der Waals surface area (Å²) in [5.41, 5.74) is 0. The number of nitrogens with zero attached hydrogens (tertiary/aromatic N) is 3. The van der Waals surface area contributed by atoms with Crippen molar-refractivity contribution in [3.8, 4) is 0 Å². The van der Waals surface area contributed by atoms with Crippen LogP contribution < -0.4 is 4.72 Å². The van der Waals surface area contributed by atoms with E-state index in [0.717, 1.165) is 0 Å². The lowest BCUT2D eigenvalue weighted by Gasteiger charge is -2.01. The van der Waals surface area contributed by atoms with Gasteiger partial charge in [0.15, 0.2) is 5.82 Å². The second kappa shape index (κ2) is 4.28. The third-order valence-corrected chi connectivity index (χ3v) is 2.84. The van der Waals surface area contributed by atoms with Gasteiger partial charge in [-0.3, -0.25) is 0 Å². The van der Waals surface area contributed by atoms with Crippen molar-refractivity contribution in [2.24, 2.45) is 0 Å². The first-order valence-electron chi connectivity index (χ1n) is 3.83. The Morgan fingerprint density at radius 1 is 1.54 bits per heavy atom. The van der Waals surface area contributed by atoms with Gasteiger partial charge in [-0.1, -0.05) is 12.1 Å². The fourth-order valence-electron chi connectivity index (χ4n) is 0.773. The smallest absolute Gasteiger partial charge is 0.211 e. The standard InChI is InChI=1S/C5H11N5O2S/c1-2-3-13(11,12)6-4-5-7-9-10-8-5/h6H,2-4H2,1H3,(H,7,8,9,10). The van der Waals surface area contributed by atoms with Crippen LogP contribution in [0.15, 0.2) is 0 Å². The van der Waals surface area contributed by atoms with Gasteiger partial charge in [-0.15, -0.1) is 10.2 Å². The van der Waals surface area contributed by atoms with Crippen LogP contribution in [0.3, 0.4) is 0 Å². The van der Waals surface area contributed by atoms with E-state index in [4.69, 9.17) is 0 Å². The van der Waals surface area contributed by atoms with Gasteiger partial charge < -0.3 is 0 Å². The summed E-state index contributed by atoms with van der Waals surface area (Å²) in [6.07, 6.45) is 0.585. The number of tetrazole rings is 1. The number of hydrogen-bond acceptors (Lipinski definition) is 5. The van der Waals surface area contributed by atoms with Gasteiger partial charge >= 0.3 is 0 Å². The lowest BCUT2D eigenvalue weighted by atomic mass is 10.6. The summed E-state index contributed by atoms with van der Waals surface area (Å²) in [5.74, 6) is 0.449. The normalized spacial score (nSPS) is 11.8. The molecule has 13 heavy (non-hydrogen) atoms. The lowest BCUT2D eigenvalue weighted by Crippen LogP contribution is -2.26. The van der Waals surface area contributed by atoms with Crippen molar-refractivity contribution >= 4 is 10.0 Å². The fourth-order valence-corrected chi connectivity index (χ4v) is 1.80. The van der Waals surface area contributed by atoms with Crippen LogP contribution in [0.4, 0.5) is 0 Å². The average molecular weight is 205 g/mol. The number of sulfonamides is 1. The molecule has 74 valence electrons. The first kappa shape index (κ1) is 10.1. The maximum atomic E-state index is 11.1. The summed E-state index contributed by atoms with van der Waals surface area (Å²) in [6, 6.07) is 0. The van der Waals surface area contributed by atoms with Gasteiger partial charge in [-0.05, 0) is 6.42 Å². The molecule has 1 rings (SSSR count). The Bertz CT molecular complexity index is 332. The van der Waals surface area contributed by atoms with Crippen molar-refractivity contribution in [1.82, 2.24) is 25.3 Å². The van der Waals surface area contributed by atoms with Gasteiger partial charge in [-0.25, -0.2) is 13.1 Å². The van der Waals surface area contributed by atoms with E-state index >= 15 is 0 Å². The van der Waals surface area contributed by atoms with Crippen molar-refractivity contribution < 1.29 is 8.42 Å². The van der Waals surface area contributed by atoms with Crippen LogP contribution in [-0.2, 0) is 16.6 Å². The molecule has 2 N–H and O–H groups in total. The van der Waals surface area contributed by atoms with E-state index in [1.54, 1.807) is 6.92 Å². The Morgan fingerprint density at radius 3 is 2.85 bits per heavy atom. The van der Waals surface area contributed by atoms with E-state index in [-0.39, 0.29) is 12.3 Å². The molecule has 7 nitrogen and oxygen atoms in total. The average Bonchev–Trinajstić information content (AvgIpc) is 2.52. The molecule has 0 unspecified atom stereocenters. The number of hydrogen-bond donors (Lipinski definition) is 2.